The van der Waals surface area contributed by atoms with Gasteiger partial charge in [0.25, 0.3) is 0 Å². The predicted octanol–water partition coefficient (Wildman–Crippen LogP) is -0.561. The van der Waals surface area contributed by atoms with Crippen LogP contribution in [-0.4, -0.2) is 59.8 Å². The van der Waals surface area contributed by atoms with Crippen LogP contribution >= 0.6 is 0 Å². The number of aliphatic carboxylic acids is 1. The van der Waals surface area contributed by atoms with Gasteiger partial charge >= 0.3 is 5.97 Å². The molecule has 3 saturated heterocycles. The number of carboxylic acids is 1. The van der Waals surface area contributed by atoms with Gasteiger partial charge in [-0.15, -0.1) is 0 Å². The highest BCUT2D eigenvalue weighted by Crippen LogP contribution is 2.34. The second kappa shape index (κ2) is 4.51. The summed E-state index contributed by atoms with van der Waals surface area (Å²) in [4.78, 5) is 25.0. The summed E-state index contributed by atoms with van der Waals surface area (Å²) in [6, 6.07) is 0.786. The summed E-state index contributed by atoms with van der Waals surface area (Å²) in [6.07, 6.45) is 2.26. The van der Waals surface area contributed by atoms with E-state index in [1.54, 1.807) is 4.90 Å². The van der Waals surface area contributed by atoms with Gasteiger partial charge in [0.05, 0.1) is 19.1 Å². The topological polar surface area (TPSA) is 78.9 Å². The van der Waals surface area contributed by atoms with Crippen molar-refractivity contribution in [3.8, 4) is 0 Å². The van der Waals surface area contributed by atoms with Crippen molar-refractivity contribution in [2.75, 3.05) is 19.7 Å². The lowest BCUT2D eigenvalue weighted by Gasteiger charge is -2.34. The Balaban J connectivity index is 1.64. The van der Waals surface area contributed by atoms with E-state index < -0.39 is 12.1 Å². The third-order valence-corrected chi connectivity index (χ3v) is 4.27. The molecule has 0 spiro atoms. The van der Waals surface area contributed by atoms with Gasteiger partial charge in [-0.2, -0.15) is 0 Å². The maximum absolute atomic E-state index is 12.4. The van der Waals surface area contributed by atoms with Gasteiger partial charge < -0.3 is 20.1 Å². The van der Waals surface area contributed by atoms with E-state index in [2.05, 4.69) is 5.32 Å². The van der Waals surface area contributed by atoms with E-state index in [-0.39, 0.29) is 18.4 Å². The highest BCUT2D eigenvalue weighted by molar-refractivity contribution is 5.81. The number of ether oxygens (including phenoxy) is 1. The van der Waals surface area contributed by atoms with Gasteiger partial charge in [0.1, 0.15) is 0 Å². The summed E-state index contributed by atoms with van der Waals surface area (Å²) < 4.78 is 5.14. The number of carbonyl (C=O) groups excluding carboxylic acids is 1. The van der Waals surface area contributed by atoms with Crippen molar-refractivity contribution in [3.05, 3.63) is 0 Å². The Morgan fingerprint density at radius 1 is 1.33 bits per heavy atom. The van der Waals surface area contributed by atoms with Crippen LogP contribution < -0.4 is 5.32 Å². The molecule has 3 rings (SSSR count). The van der Waals surface area contributed by atoms with E-state index in [1.807, 2.05) is 0 Å². The van der Waals surface area contributed by atoms with Gasteiger partial charge in [0, 0.05) is 18.6 Å². The van der Waals surface area contributed by atoms with Crippen molar-refractivity contribution in [1.29, 1.82) is 0 Å². The fourth-order valence-corrected chi connectivity index (χ4v) is 3.33. The van der Waals surface area contributed by atoms with Crippen LogP contribution in [0.2, 0.25) is 0 Å². The molecule has 0 saturated carbocycles. The van der Waals surface area contributed by atoms with Gasteiger partial charge in [-0.05, 0) is 19.3 Å². The van der Waals surface area contributed by atoms with Crippen molar-refractivity contribution in [1.82, 2.24) is 10.2 Å². The summed E-state index contributed by atoms with van der Waals surface area (Å²) in [7, 11) is 0. The van der Waals surface area contributed by atoms with Gasteiger partial charge in [-0.1, -0.05) is 0 Å². The molecular formula is C12H18N2O4. The average Bonchev–Trinajstić information content (AvgIpc) is 3.00. The van der Waals surface area contributed by atoms with Crippen LogP contribution in [0.5, 0.6) is 0 Å². The molecule has 0 aromatic rings. The Morgan fingerprint density at radius 3 is 2.78 bits per heavy atom. The minimum atomic E-state index is -0.987. The highest BCUT2D eigenvalue weighted by Gasteiger charge is 2.45. The molecule has 2 bridgehead atoms. The van der Waals surface area contributed by atoms with Crippen LogP contribution in [-0.2, 0) is 14.3 Å². The second-order valence-corrected chi connectivity index (χ2v) is 5.37. The Morgan fingerprint density at radius 2 is 2.17 bits per heavy atom. The number of carbonyl (C=O) groups is 2. The van der Waals surface area contributed by atoms with Crippen LogP contribution in [0.3, 0.4) is 0 Å². The van der Waals surface area contributed by atoms with Crippen LogP contribution in [0.15, 0.2) is 0 Å². The molecule has 6 heteroatoms. The summed E-state index contributed by atoms with van der Waals surface area (Å²) >= 11 is 0. The molecule has 3 heterocycles. The summed E-state index contributed by atoms with van der Waals surface area (Å²) in [5.41, 5.74) is 0. The Kier molecular flexibility index (Phi) is 2.99. The minimum absolute atomic E-state index is 0.0382. The first-order chi connectivity index (χ1) is 8.65. The molecule has 4 unspecified atom stereocenters. The van der Waals surface area contributed by atoms with Crippen LogP contribution in [0.4, 0.5) is 0 Å². The van der Waals surface area contributed by atoms with E-state index in [9.17, 15) is 9.59 Å². The molecular weight excluding hydrogens is 236 g/mol. The van der Waals surface area contributed by atoms with E-state index in [0.717, 1.165) is 19.3 Å². The number of carboxylic acid groups (broad SMARTS) is 1. The standard InChI is InChI=1S/C12H18N2O4/c15-11(8-5-7-1-2-9(8)13-7)14-3-4-18-10(6-14)12(16)17/h7-10,13H,1-6H2,(H,16,17). The van der Waals surface area contributed by atoms with E-state index in [0.29, 0.717) is 25.2 Å². The molecule has 2 N–H and O–H groups in total. The molecule has 3 aliphatic rings. The molecule has 100 valence electrons. The van der Waals surface area contributed by atoms with Crippen molar-refractivity contribution < 1.29 is 19.4 Å². The predicted molar refractivity (Wildman–Crippen MR) is 62.0 cm³/mol. The maximum atomic E-state index is 12.4. The van der Waals surface area contributed by atoms with Crippen LogP contribution in [0, 0.1) is 5.92 Å². The quantitative estimate of drug-likeness (QED) is 0.690. The summed E-state index contributed by atoms with van der Waals surface area (Å²) in [6.45, 7) is 1.01. The van der Waals surface area contributed by atoms with E-state index >= 15 is 0 Å². The van der Waals surface area contributed by atoms with Crippen LogP contribution in [0.25, 0.3) is 0 Å². The number of hydrogen-bond donors (Lipinski definition) is 2. The number of amides is 1. The lowest BCUT2D eigenvalue weighted by Crippen LogP contribution is -2.51. The van der Waals surface area contributed by atoms with E-state index in [1.165, 1.54) is 0 Å². The van der Waals surface area contributed by atoms with Gasteiger partial charge in [-0.3, -0.25) is 4.79 Å². The van der Waals surface area contributed by atoms with Gasteiger partial charge in [0.15, 0.2) is 6.10 Å². The Hall–Kier alpha value is -1.14. The molecule has 3 aliphatic heterocycles. The number of hydrogen-bond acceptors (Lipinski definition) is 4. The number of nitrogens with zero attached hydrogens (tertiary/aromatic N) is 1. The third-order valence-electron chi connectivity index (χ3n) is 4.27. The Labute approximate surface area is 105 Å². The fraction of sp³-hybridized carbons (Fsp3) is 0.833. The van der Waals surface area contributed by atoms with Crippen molar-refractivity contribution in [2.45, 2.75) is 37.5 Å². The van der Waals surface area contributed by atoms with E-state index in [4.69, 9.17) is 9.84 Å². The van der Waals surface area contributed by atoms with Crippen LogP contribution in [0.1, 0.15) is 19.3 Å². The minimum Gasteiger partial charge on any atom is -0.479 e. The largest absolute Gasteiger partial charge is 0.479 e. The first-order valence-electron chi connectivity index (χ1n) is 6.54. The van der Waals surface area contributed by atoms with Crippen molar-refractivity contribution >= 4 is 11.9 Å². The SMILES string of the molecule is O=C(O)C1CN(C(=O)C2CC3CCC2N3)CCO1. The zero-order valence-corrected chi connectivity index (χ0v) is 10.2. The zero-order valence-electron chi connectivity index (χ0n) is 10.2. The first-order valence-corrected chi connectivity index (χ1v) is 6.54. The molecule has 0 radical (unpaired) electrons. The monoisotopic (exact) mass is 254 g/mol. The Bertz CT molecular complexity index is 373. The highest BCUT2D eigenvalue weighted by atomic mass is 16.5. The maximum Gasteiger partial charge on any atom is 0.334 e. The smallest absolute Gasteiger partial charge is 0.334 e. The molecule has 6 nitrogen and oxygen atoms in total. The number of fused-ring (bicyclic) bond motifs is 2. The van der Waals surface area contributed by atoms with Crippen molar-refractivity contribution in [2.24, 2.45) is 5.92 Å². The fourth-order valence-electron chi connectivity index (χ4n) is 3.33. The molecule has 0 aromatic heterocycles. The number of morpholine rings is 1. The number of rotatable bonds is 2. The third kappa shape index (κ3) is 1.99. The average molecular weight is 254 g/mol. The normalized spacial score (nSPS) is 39.0. The molecule has 0 aromatic carbocycles. The first kappa shape index (κ1) is 11.9. The summed E-state index contributed by atoms with van der Waals surface area (Å²) in [5.74, 6) is -0.848. The zero-order chi connectivity index (χ0) is 12.7. The second-order valence-electron chi connectivity index (χ2n) is 5.37. The lowest BCUT2D eigenvalue weighted by atomic mass is 9.88. The summed E-state index contributed by atoms with van der Waals surface area (Å²) in [5, 5.41) is 12.4. The number of nitrogens with one attached hydrogen (secondary N) is 1. The van der Waals surface area contributed by atoms with Gasteiger partial charge in [-0.25, -0.2) is 4.79 Å². The molecule has 0 aliphatic carbocycles. The molecule has 18 heavy (non-hydrogen) atoms. The molecule has 1 amide bonds. The lowest BCUT2D eigenvalue weighted by molar-refractivity contribution is -0.160. The van der Waals surface area contributed by atoms with Gasteiger partial charge in [0.2, 0.25) is 5.91 Å². The van der Waals surface area contributed by atoms with Crippen molar-refractivity contribution in [3.63, 3.8) is 0 Å². The molecule has 3 fully saturated rings. The molecule has 4 atom stereocenters.